The van der Waals surface area contributed by atoms with Crippen LogP contribution in [0.1, 0.15) is 41.5 Å². The molecule has 0 aliphatic rings. The summed E-state index contributed by atoms with van der Waals surface area (Å²) in [7, 11) is 1.83. The van der Waals surface area contributed by atoms with E-state index in [1.165, 1.54) is 0 Å². The third kappa shape index (κ3) is 2.99. The predicted octanol–water partition coefficient (Wildman–Crippen LogP) is 3.65. The lowest BCUT2D eigenvalue weighted by Crippen LogP contribution is -2.26. The van der Waals surface area contributed by atoms with Gasteiger partial charge in [0.15, 0.2) is 5.65 Å². The van der Waals surface area contributed by atoms with Crippen molar-refractivity contribution >= 4 is 28.3 Å². The van der Waals surface area contributed by atoms with Crippen LogP contribution in [0.3, 0.4) is 0 Å². The Labute approximate surface area is 139 Å². The summed E-state index contributed by atoms with van der Waals surface area (Å²) in [6.45, 7) is 6.62. The smallest absolute Gasteiger partial charge is 0.254 e. The Kier molecular flexibility index (Phi) is 4.17. The van der Waals surface area contributed by atoms with E-state index in [2.05, 4.69) is 29.3 Å². The number of carbonyl (C=O) groups is 1. The average Bonchev–Trinajstić information content (AvgIpc) is 3.14. The van der Waals surface area contributed by atoms with Gasteiger partial charge in [0.2, 0.25) is 0 Å². The molecule has 120 valence electrons. The highest BCUT2D eigenvalue weighted by Gasteiger charge is 2.19. The number of aryl methyl sites for hydroxylation is 1. The number of hydrogen-bond donors (Lipinski definition) is 0. The number of carbonyl (C=O) groups excluding carboxylic acids is 1. The van der Waals surface area contributed by atoms with Gasteiger partial charge in [-0.15, -0.1) is 0 Å². The maximum Gasteiger partial charge on any atom is 0.254 e. The molecule has 6 heteroatoms. The Morgan fingerprint density at radius 3 is 2.87 bits per heavy atom. The van der Waals surface area contributed by atoms with Crippen LogP contribution in [0.4, 0.5) is 0 Å². The van der Waals surface area contributed by atoms with Crippen LogP contribution in [-0.2, 0) is 6.54 Å². The summed E-state index contributed by atoms with van der Waals surface area (Å²) in [5.41, 5.74) is 3.40. The molecule has 0 spiro atoms. The Hall–Kier alpha value is -2.21. The highest BCUT2D eigenvalue weighted by Crippen LogP contribution is 2.22. The molecule has 0 bridgehead atoms. The topological polar surface area (TPSA) is 51.0 Å². The van der Waals surface area contributed by atoms with Crippen LogP contribution in [0.2, 0.25) is 0 Å². The predicted molar refractivity (Wildman–Crippen MR) is 92.8 cm³/mol. The van der Waals surface area contributed by atoms with Crippen molar-refractivity contribution in [3.8, 4) is 0 Å². The zero-order valence-electron chi connectivity index (χ0n) is 13.8. The van der Waals surface area contributed by atoms with Crippen molar-refractivity contribution in [2.75, 3.05) is 7.05 Å². The lowest BCUT2D eigenvalue weighted by atomic mass is 10.1. The quantitative estimate of drug-likeness (QED) is 0.734. The van der Waals surface area contributed by atoms with Crippen molar-refractivity contribution < 1.29 is 4.79 Å². The van der Waals surface area contributed by atoms with Gasteiger partial charge in [0.25, 0.3) is 5.91 Å². The molecule has 3 aromatic heterocycles. The van der Waals surface area contributed by atoms with Crippen LogP contribution < -0.4 is 0 Å². The normalized spacial score (nSPS) is 11.3. The molecule has 0 unspecified atom stereocenters. The fraction of sp³-hybridized carbons (Fsp3) is 0.353. The van der Waals surface area contributed by atoms with Gasteiger partial charge in [-0.3, -0.25) is 4.79 Å². The number of amides is 1. The first kappa shape index (κ1) is 15.7. The van der Waals surface area contributed by atoms with Crippen LogP contribution in [0.5, 0.6) is 0 Å². The van der Waals surface area contributed by atoms with Gasteiger partial charge in [-0.1, -0.05) is 0 Å². The van der Waals surface area contributed by atoms with Gasteiger partial charge in [-0.25, -0.2) is 9.67 Å². The number of thiophene rings is 1. The van der Waals surface area contributed by atoms with Gasteiger partial charge in [-0.2, -0.15) is 16.4 Å². The van der Waals surface area contributed by atoms with E-state index < -0.39 is 0 Å². The van der Waals surface area contributed by atoms with Gasteiger partial charge in [0, 0.05) is 25.3 Å². The maximum atomic E-state index is 12.9. The first-order valence-corrected chi connectivity index (χ1v) is 8.53. The molecule has 0 saturated heterocycles. The monoisotopic (exact) mass is 328 g/mol. The van der Waals surface area contributed by atoms with Crippen molar-refractivity contribution in [2.45, 2.75) is 33.4 Å². The molecule has 1 amide bonds. The number of fused-ring (bicyclic) bond motifs is 1. The minimum absolute atomic E-state index is 0.00462. The van der Waals surface area contributed by atoms with Crippen LogP contribution >= 0.6 is 11.3 Å². The lowest BCUT2D eigenvalue weighted by Gasteiger charge is -2.17. The summed E-state index contributed by atoms with van der Waals surface area (Å²) in [4.78, 5) is 19.2. The third-order valence-electron chi connectivity index (χ3n) is 3.76. The van der Waals surface area contributed by atoms with Crippen molar-refractivity contribution in [1.82, 2.24) is 19.7 Å². The van der Waals surface area contributed by atoms with Gasteiger partial charge in [0.05, 0.1) is 17.1 Å². The molecule has 0 aromatic carbocycles. The zero-order chi connectivity index (χ0) is 16.6. The Morgan fingerprint density at radius 2 is 2.22 bits per heavy atom. The number of pyridine rings is 1. The summed E-state index contributed by atoms with van der Waals surface area (Å²) in [5.74, 6) is -0.00462. The van der Waals surface area contributed by atoms with Crippen LogP contribution in [0, 0.1) is 6.92 Å². The highest BCUT2D eigenvalue weighted by molar-refractivity contribution is 7.07. The molecular formula is C17H20N4OS. The number of rotatable bonds is 4. The van der Waals surface area contributed by atoms with Crippen LogP contribution in [0.15, 0.2) is 29.1 Å². The van der Waals surface area contributed by atoms with Crippen molar-refractivity contribution in [3.05, 3.63) is 45.9 Å². The summed E-state index contributed by atoms with van der Waals surface area (Å²) in [6, 6.07) is 4.09. The van der Waals surface area contributed by atoms with Gasteiger partial charge in [0.1, 0.15) is 0 Å². The molecule has 0 atom stereocenters. The molecule has 0 fully saturated rings. The standard InChI is InChI=1S/C17H20N4OS/c1-11(2)21-16-15(8-18-21)14(7-12(3)19-16)17(22)20(4)9-13-5-6-23-10-13/h5-8,10-11H,9H2,1-4H3. The number of aromatic nitrogens is 3. The number of hydrogen-bond acceptors (Lipinski definition) is 4. The Morgan fingerprint density at radius 1 is 1.43 bits per heavy atom. The fourth-order valence-electron chi connectivity index (χ4n) is 2.63. The molecule has 3 rings (SSSR count). The molecule has 0 radical (unpaired) electrons. The van der Waals surface area contributed by atoms with E-state index in [0.717, 1.165) is 22.3 Å². The van der Waals surface area contributed by atoms with E-state index in [9.17, 15) is 4.79 Å². The minimum Gasteiger partial charge on any atom is -0.337 e. The van der Waals surface area contributed by atoms with E-state index in [4.69, 9.17) is 0 Å². The lowest BCUT2D eigenvalue weighted by molar-refractivity contribution is 0.0787. The van der Waals surface area contributed by atoms with Gasteiger partial charge in [-0.05, 0) is 49.2 Å². The molecule has 0 saturated carbocycles. The summed E-state index contributed by atoms with van der Waals surface area (Å²) in [5, 5.41) is 9.30. The molecule has 0 aliphatic carbocycles. The molecule has 23 heavy (non-hydrogen) atoms. The SMILES string of the molecule is Cc1cc(C(=O)N(C)Cc2ccsc2)c2cnn(C(C)C)c2n1. The first-order valence-electron chi connectivity index (χ1n) is 7.58. The summed E-state index contributed by atoms with van der Waals surface area (Å²) in [6.07, 6.45) is 1.74. The molecule has 3 heterocycles. The van der Waals surface area contributed by atoms with Gasteiger partial charge >= 0.3 is 0 Å². The summed E-state index contributed by atoms with van der Waals surface area (Å²) >= 11 is 1.64. The minimum atomic E-state index is -0.00462. The average molecular weight is 328 g/mol. The second-order valence-electron chi connectivity index (χ2n) is 6.02. The Balaban J connectivity index is 2.00. The van der Waals surface area contributed by atoms with E-state index in [1.807, 2.05) is 36.2 Å². The van der Waals surface area contributed by atoms with Crippen molar-refractivity contribution in [3.63, 3.8) is 0 Å². The van der Waals surface area contributed by atoms with Gasteiger partial charge < -0.3 is 4.90 Å². The first-order chi connectivity index (χ1) is 11.0. The molecule has 3 aromatic rings. The van der Waals surface area contributed by atoms with Crippen molar-refractivity contribution in [1.29, 1.82) is 0 Å². The molecule has 5 nitrogen and oxygen atoms in total. The maximum absolute atomic E-state index is 12.9. The molecular weight excluding hydrogens is 308 g/mol. The number of nitrogens with zero attached hydrogens (tertiary/aromatic N) is 4. The third-order valence-corrected chi connectivity index (χ3v) is 4.49. The van der Waals surface area contributed by atoms with Crippen LogP contribution in [-0.4, -0.2) is 32.6 Å². The van der Waals surface area contributed by atoms with E-state index >= 15 is 0 Å². The van der Waals surface area contributed by atoms with E-state index in [1.54, 1.807) is 22.4 Å². The van der Waals surface area contributed by atoms with E-state index in [-0.39, 0.29) is 11.9 Å². The van der Waals surface area contributed by atoms with Crippen molar-refractivity contribution in [2.24, 2.45) is 0 Å². The second kappa shape index (κ2) is 6.12. The van der Waals surface area contributed by atoms with E-state index in [0.29, 0.717) is 12.1 Å². The zero-order valence-corrected chi connectivity index (χ0v) is 14.6. The Bertz CT molecular complexity index is 836. The van der Waals surface area contributed by atoms with Crippen LogP contribution in [0.25, 0.3) is 11.0 Å². The largest absolute Gasteiger partial charge is 0.337 e. The second-order valence-corrected chi connectivity index (χ2v) is 6.80. The fourth-order valence-corrected chi connectivity index (χ4v) is 3.29. The highest BCUT2D eigenvalue weighted by atomic mass is 32.1. The molecule has 0 aliphatic heterocycles. The summed E-state index contributed by atoms with van der Waals surface area (Å²) < 4.78 is 1.86. The molecule has 0 N–H and O–H groups in total.